The van der Waals surface area contributed by atoms with Crippen LogP contribution in [-0.4, -0.2) is 15.0 Å². The first-order valence-corrected chi connectivity index (χ1v) is 10.8. The molecule has 0 saturated heterocycles. The van der Waals surface area contributed by atoms with Crippen LogP contribution in [0.15, 0.2) is 77.7 Å². The fourth-order valence-electron chi connectivity index (χ4n) is 2.91. The smallest absolute Gasteiger partial charge is 0.211 e. The van der Waals surface area contributed by atoms with Gasteiger partial charge in [0.2, 0.25) is 10.0 Å². The van der Waals surface area contributed by atoms with E-state index in [1.54, 1.807) is 24.3 Å². The molecule has 0 heterocycles. The van der Waals surface area contributed by atoms with Crippen molar-refractivity contribution in [3.63, 3.8) is 0 Å². The van der Waals surface area contributed by atoms with Gasteiger partial charge in [-0.2, -0.15) is 0 Å². The van der Waals surface area contributed by atoms with E-state index in [1.165, 1.54) is 5.56 Å². The Kier molecular flexibility index (Phi) is 6.45. The zero-order valence-corrected chi connectivity index (χ0v) is 17.0. The molecule has 3 aromatic carbocycles. The number of aryl methyl sites for hydroxylation is 2. The molecule has 0 radical (unpaired) electrons. The van der Waals surface area contributed by atoms with Crippen molar-refractivity contribution in [2.45, 2.75) is 25.2 Å². The number of sulfonamides is 1. The summed E-state index contributed by atoms with van der Waals surface area (Å²) in [6.07, 6.45) is 4.78. The summed E-state index contributed by atoms with van der Waals surface area (Å²) < 4.78 is 27.6. The van der Waals surface area contributed by atoms with Crippen LogP contribution >= 0.6 is 0 Å². The van der Waals surface area contributed by atoms with Crippen molar-refractivity contribution >= 4 is 22.2 Å². The molecular formula is C24H25NO2S. The molecule has 0 aliphatic rings. The van der Waals surface area contributed by atoms with Crippen molar-refractivity contribution in [1.82, 2.24) is 4.72 Å². The monoisotopic (exact) mass is 391 g/mol. The standard InChI is InChI=1S/C24H25NO2S/c1-19-7-11-21(12-8-19)13-14-22-5-3-4-6-23(22)17-18-25-28(26,27)24-15-9-20(2)10-16-24/h3-16,25H,17-18H2,1-2H3/b14-13+. The summed E-state index contributed by atoms with van der Waals surface area (Å²) in [5.74, 6) is 0. The van der Waals surface area contributed by atoms with Gasteiger partial charge in [0.25, 0.3) is 0 Å². The van der Waals surface area contributed by atoms with Crippen molar-refractivity contribution in [2.24, 2.45) is 0 Å². The maximum Gasteiger partial charge on any atom is 0.240 e. The predicted molar refractivity (Wildman–Crippen MR) is 117 cm³/mol. The Labute approximate surface area is 167 Å². The lowest BCUT2D eigenvalue weighted by Gasteiger charge is -2.09. The zero-order valence-electron chi connectivity index (χ0n) is 16.2. The number of rotatable bonds is 7. The number of hydrogen-bond donors (Lipinski definition) is 1. The second-order valence-corrected chi connectivity index (χ2v) is 8.67. The van der Waals surface area contributed by atoms with Crippen LogP contribution in [-0.2, 0) is 16.4 Å². The van der Waals surface area contributed by atoms with E-state index in [0.29, 0.717) is 17.9 Å². The van der Waals surface area contributed by atoms with E-state index in [2.05, 4.69) is 54.1 Å². The highest BCUT2D eigenvalue weighted by Gasteiger charge is 2.13. The Morgan fingerprint density at radius 3 is 2.07 bits per heavy atom. The van der Waals surface area contributed by atoms with E-state index in [4.69, 9.17) is 0 Å². The lowest BCUT2D eigenvalue weighted by molar-refractivity contribution is 0.581. The van der Waals surface area contributed by atoms with Crippen molar-refractivity contribution in [3.8, 4) is 0 Å². The number of hydrogen-bond acceptors (Lipinski definition) is 2. The highest BCUT2D eigenvalue weighted by Crippen LogP contribution is 2.15. The molecular weight excluding hydrogens is 366 g/mol. The number of benzene rings is 3. The van der Waals surface area contributed by atoms with Crippen molar-refractivity contribution in [1.29, 1.82) is 0 Å². The van der Waals surface area contributed by atoms with Crippen LogP contribution in [0, 0.1) is 13.8 Å². The minimum atomic E-state index is -3.49. The highest BCUT2D eigenvalue weighted by molar-refractivity contribution is 7.89. The summed E-state index contributed by atoms with van der Waals surface area (Å²) in [6.45, 7) is 4.36. The minimum absolute atomic E-state index is 0.297. The first-order chi connectivity index (χ1) is 13.4. The third-order valence-electron chi connectivity index (χ3n) is 4.61. The fraction of sp³-hybridized carbons (Fsp3) is 0.167. The van der Waals surface area contributed by atoms with Gasteiger partial charge in [-0.25, -0.2) is 13.1 Å². The van der Waals surface area contributed by atoms with Gasteiger partial charge < -0.3 is 0 Å². The van der Waals surface area contributed by atoms with Crippen molar-refractivity contribution in [3.05, 3.63) is 101 Å². The quantitative estimate of drug-likeness (QED) is 0.577. The Hall–Kier alpha value is -2.69. The van der Waals surface area contributed by atoms with Crippen molar-refractivity contribution < 1.29 is 8.42 Å². The second kappa shape index (κ2) is 9.00. The largest absolute Gasteiger partial charge is 0.240 e. The topological polar surface area (TPSA) is 46.2 Å². The Balaban J connectivity index is 1.66. The normalized spacial score (nSPS) is 11.8. The van der Waals surface area contributed by atoms with Gasteiger partial charge in [0.15, 0.2) is 0 Å². The molecule has 28 heavy (non-hydrogen) atoms. The van der Waals surface area contributed by atoms with Crippen LogP contribution in [0.2, 0.25) is 0 Å². The van der Waals surface area contributed by atoms with E-state index >= 15 is 0 Å². The highest BCUT2D eigenvalue weighted by atomic mass is 32.2. The molecule has 0 amide bonds. The molecule has 4 heteroatoms. The van der Waals surface area contributed by atoms with Gasteiger partial charge in [0.1, 0.15) is 0 Å². The molecule has 0 fully saturated rings. The molecule has 0 aliphatic carbocycles. The number of nitrogens with one attached hydrogen (secondary N) is 1. The Bertz CT molecular complexity index is 1050. The summed E-state index contributed by atoms with van der Waals surface area (Å²) in [5.41, 5.74) is 5.61. The maximum atomic E-state index is 12.4. The third kappa shape index (κ3) is 5.41. The van der Waals surface area contributed by atoms with Crippen LogP contribution in [0.3, 0.4) is 0 Å². The molecule has 144 valence electrons. The molecule has 0 spiro atoms. The van der Waals surface area contributed by atoms with Gasteiger partial charge >= 0.3 is 0 Å². The summed E-state index contributed by atoms with van der Waals surface area (Å²) in [4.78, 5) is 0.297. The lowest BCUT2D eigenvalue weighted by Crippen LogP contribution is -2.26. The van der Waals surface area contributed by atoms with Gasteiger partial charge in [-0.15, -0.1) is 0 Å². The molecule has 0 unspecified atom stereocenters. The first kappa shape index (κ1) is 20.1. The predicted octanol–water partition coefficient (Wildman–Crippen LogP) is 4.99. The summed E-state index contributed by atoms with van der Waals surface area (Å²) in [6, 6.07) is 23.3. The molecule has 3 nitrogen and oxygen atoms in total. The molecule has 0 saturated carbocycles. The van der Waals surface area contributed by atoms with Gasteiger partial charge in [-0.1, -0.05) is 83.9 Å². The second-order valence-electron chi connectivity index (χ2n) is 6.90. The van der Waals surface area contributed by atoms with E-state index in [0.717, 1.165) is 22.3 Å². The zero-order chi connectivity index (χ0) is 20.0. The van der Waals surface area contributed by atoms with Gasteiger partial charge in [0.05, 0.1) is 4.90 Å². The first-order valence-electron chi connectivity index (χ1n) is 9.33. The van der Waals surface area contributed by atoms with E-state index in [9.17, 15) is 8.42 Å². The van der Waals surface area contributed by atoms with Gasteiger partial charge in [0, 0.05) is 6.54 Å². The van der Waals surface area contributed by atoms with E-state index in [-0.39, 0.29) is 0 Å². The lowest BCUT2D eigenvalue weighted by atomic mass is 10.0. The summed E-state index contributed by atoms with van der Waals surface area (Å²) in [7, 11) is -3.49. The third-order valence-corrected chi connectivity index (χ3v) is 6.08. The van der Waals surface area contributed by atoms with Crippen LogP contribution in [0.4, 0.5) is 0 Å². The average molecular weight is 392 g/mol. The summed E-state index contributed by atoms with van der Waals surface area (Å²) >= 11 is 0. The van der Waals surface area contributed by atoms with Crippen LogP contribution < -0.4 is 4.72 Å². The van der Waals surface area contributed by atoms with Gasteiger partial charge in [-0.05, 0) is 49.1 Å². The molecule has 3 aromatic rings. The Morgan fingerprint density at radius 2 is 1.39 bits per heavy atom. The molecule has 1 N–H and O–H groups in total. The van der Waals surface area contributed by atoms with Crippen LogP contribution in [0.1, 0.15) is 27.8 Å². The Morgan fingerprint density at radius 1 is 0.786 bits per heavy atom. The van der Waals surface area contributed by atoms with Gasteiger partial charge in [-0.3, -0.25) is 0 Å². The molecule has 0 aromatic heterocycles. The molecule has 0 bridgehead atoms. The average Bonchev–Trinajstić information content (AvgIpc) is 2.69. The minimum Gasteiger partial charge on any atom is -0.211 e. The molecule has 3 rings (SSSR count). The summed E-state index contributed by atoms with van der Waals surface area (Å²) in [5, 5.41) is 0. The van der Waals surface area contributed by atoms with E-state index < -0.39 is 10.0 Å². The van der Waals surface area contributed by atoms with Crippen LogP contribution in [0.25, 0.3) is 12.2 Å². The fourth-order valence-corrected chi connectivity index (χ4v) is 3.94. The SMILES string of the molecule is Cc1ccc(/C=C/c2ccccc2CCNS(=O)(=O)c2ccc(C)cc2)cc1. The molecule has 0 atom stereocenters. The van der Waals surface area contributed by atoms with E-state index in [1.807, 2.05) is 25.1 Å². The van der Waals surface area contributed by atoms with Crippen LogP contribution in [0.5, 0.6) is 0 Å². The van der Waals surface area contributed by atoms with Crippen molar-refractivity contribution in [2.75, 3.05) is 6.54 Å². The molecule has 0 aliphatic heterocycles. The maximum absolute atomic E-state index is 12.4.